The van der Waals surface area contributed by atoms with E-state index < -0.39 is 0 Å². The third-order valence-electron chi connectivity index (χ3n) is 2.76. The molecule has 18 heavy (non-hydrogen) atoms. The molecule has 0 atom stereocenters. The van der Waals surface area contributed by atoms with Crippen LogP contribution in [-0.2, 0) is 6.42 Å². The van der Waals surface area contributed by atoms with Crippen molar-refractivity contribution in [3.8, 4) is 5.75 Å². The van der Waals surface area contributed by atoms with Gasteiger partial charge in [-0.15, -0.1) is 6.58 Å². The molecular formula is C15H23NO2. The topological polar surface area (TPSA) is 55.5 Å². The number of benzene rings is 1. The Bertz CT molecular complexity index is 364. The van der Waals surface area contributed by atoms with E-state index in [2.05, 4.69) is 6.58 Å². The standard InChI is InChI=1S/C15H23NO2/c1-2-7-13-12-14(16)8-9-15(13)18-11-6-4-3-5-10-17/h2,8-9,12,17H,1,3-7,10-11,16H2. The molecule has 0 bridgehead atoms. The molecule has 0 radical (unpaired) electrons. The van der Waals surface area contributed by atoms with Gasteiger partial charge in [0, 0.05) is 12.3 Å². The molecule has 0 spiro atoms. The third kappa shape index (κ3) is 5.23. The van der Waals surface area contributed by atoms with Crippen LogP contribution in [0.2, 0.25) is 0 Å². The first-order valence-corrected chi connectivity index (χ1v) is 6.51. The molecule has 0 aromatic heterocycles. The van der Waals surface area contributed by atoms with Crippen LogP contribution in [-0.4, -0.2) is 18.3 Å². The lowest BCUT2D eigenvalue weighted by molar-refractivity contribution is 0.273. The highest BCUT2D eigenvalue weighted by Gasteiger charge is 2.02. The molecule has 0 aliphatic heterocycles. The summed E-state index contributed by atoms with van der Waals surface area (Å²) in [6.45, 7) is 4.72. The number of unbranched alkanes of at least 4 members (excludes halogenated alkanes) is 3. The van der Waals surface area contributed by atoms with E-state index in [0.717, 1.165) is 49.1 Å². The van der Waals surface area contributed by atoms with Crippen LogP contribution >= 0.6 is 0 Å². The van der Waals surface area contributed by atoms with E-state index in [-0.39, 0.29) is 6.61 Å². The number of hydrogen-bond acceptors (Lipinski definition) is 3. The maximum Gasteiger partial charge on any atom is 0.122 e. The van der Waals surface area contributed by atoms with Crippen molar-refractivity contribution in [2.75, 3.05) is 18.9 Å². The van der Waals surface area contributed by atoms with E-state index in [1.807, 2.05) is 24.3 Å². The first-order chi connectivity index (χ1) is 8.77. The molecular weight excluding hydrogens is 226 g/mol. The molecule has 0 aliphatic rings. The molecule has 0 amide bonds. The Labute approximate surface area is 109 Å². The van der Waals surface area contributed by atoms with E-state index in [9.17, 15) is 0 Å². The molecule has 0 unspecified atom stereocenters. The number of aliphatic hydroxyl groups excluding tert-OH is 1. The Kier molecular flexibility index (Phi) is 6.96. The minimum absolute atomic E-state index is 0.280. The van der Waals surface area contributed by atoms with Gasteiger partial charge >= 0.3 is 0 Å². The lowest BCUT2D eigenvalue weighted by atomic mass is 10.1. The van der Waals surface area contributed by atoms with Gasteiger partial charge in [-0.05, 0) is 49.4 Å². The highest BCUT2D eigenvalue weighted by Crippen LogP contribution is 2.22. The Balaban J connectivity index is 2.38. The normalized spacial score (nSPS) is 10.3. The summed E-state index contributed by atoms with van der Waals surface area (Å²) >= 11 is 0. The Morgan fingerprint density at radius 2 is 2.00 bits per heavy atom. The molecule has 3 heteroatoms. The summed E-state index contributed by atoms with van der Waals surface area (Å²) < 4.78 is 5.76. The Hall–Kier alpha value is -1.48. The van der Waals surface area contributed by atoms with Crippen molar-refractivity contribution < 1.29 is 9.84 Å². The molecule has 0 fully saturated rings. The smallest absolute Gasteiger partial charge is 0.122 e. The number of ether oxygens (including phenoxy) is 1. The van der Waals surface area contributed by atoms with E-state index in [0.29, 0.717) is 6.61 Å². The van der Waals surface area contributed by atoms with Crippen molar-refractivity contribution in [2.24, 2.45) is 0 Å². The predicted molar refractivity (Wildman–Crippen MR) is 75.8 cm³/mol. The molecule has 0 saturated heterocycles. The zero-order valence-electron chi connectivity index (χ0n) is 10.9. The average Bonchev–Trinajstić information content (AvgIpc) is 2.36. The number of allylic oxidation sites excluding steroid dienone is 1. The van der Waals surface area contributed by atoms with Crippen LogP contribution in [0.4, 0.5) is 5.69 Å². The van der Waals surface area contributed by atoms with Gasteiger partial charge in [0.2, 0.25) is 0 Å². The van der Waals surface area contributed by atoms with Crippen molar-refractivity contribution in [3.63, 3.8) is 0 Å². The van der Waals surface area contributed by atoms with Gasteiger partial charge in [0.15, 0.2) is 0 Å². The summed E-state index contributed by atoms with van der Waals surface area (Å²) in [6, 6.07) is 5.71. The van der Waals surface area contributed by atoms with Crippen molar-refractivity contribution in [1.29, 1.82) is 0 Å². The highest BCUT2D eigenvalue weighted by molar-refractivity contribution is 5.48. The maximum absolute atomic E-state index is 8.67. The van der Waals surface area contributed by atoms with E-state index in [4.69, 9.17) is 15.6 Å². The van der Waals surface area contributed by atoms with Gasteiger partial charge in [0.25, 0.3) is 0 Å². The van der Waals surface area contributed by atoms with Gasteiger partial charge in [-0.25, -0.2) is 0 Å². The molecule has 0 aliphatic carbocycles. The summed E-state index contributed by atoms with van der Waals surface area (Å²) in [6.07, 6.45) is 6.66. The van der Waals surface area contributed by atoms with E-state index >= 15 is 0 Å². The number of nitrogens with two attached hydrogens (primary N) is 1. The quantitative estimate of drug-likeness (QED) is 0.402. The lowest BCUT2D eigenvalue weighted by Gasteiger charge is -2.11. The third-order valence-corrected chi connectivity index (χ3v) is 2.76. The highest BCUT2D eigenvalue weighted by atomic mass is 16.5. The van der Waals surface area contributed by atoms with Crippen LogP contribution < -0.4 is 10.5 Å². The van der Waals surface area contributed by atoms with E-state index in [1.165, 1.54) is 0 Å². The SMILES string of the molecule is C=CCc1cc(N)ccc1OCCCCCCO. The molecule has 100 valence electrons. The molecule has 3 nitrogen and oxygen atoms in total. The Morgan fingerprint density at radius 3 is 2.72 bits per heavy atom. The zero-order chi connectivity index (χ0) is 13.2. The number of nitrogen functional groups attached to an aromatic ring is 1. The fourth-order valence-electron chi connectivity index (χ4n) is 1.80. The van der Waals surface area contributed by atoms with Gasteiger partial charge < -0.3 is 15.6 Å². The van der Waals surface area contributed by atoms with Crippen LogP contribution in [0.25, 0.3) is 0 Å². The fourth-order valence-corrected chi connectivity index (χ4v) is 1.80. The average molecular weight is 249 g/mol. The van der Waals surface area contributed by atoms with Crippen molar-refractivity contribution in [1.82, 2.24) is 0 Å². The van der Waals surface area contributed by atoms with Crippen LogP contribution in [0.1, 0.15) is 31.2 Å². The second-order valence-corrected chi connectivity index (χ2v) is 4.35. The number of aliphatic hydroxyl groups is 1. The molecule has 1 aromatic rings. The van der Waals surface area contributed by atoms with Crippen LogP contribution in [0, 0.1) is 0 Å². The van der Waals surface area contributed by atoms with Gasteiger partial charge in [0.05, 0.1) is 6.61 Å². The molecule has 0 heterocycles. The predicted octanol–water partition coefficient (Wildman–Crippen LogP) is 2.93. The molecule has 1 aromatic carbocycles. The minimum atomic E-state index is 0.280. The fraction of sp³-hybridized carbons (Fsp3) is 0.467. The summed E-state index contributed by atoms with van der Waals surface area (Å²) in [4.78, 5) is 0. The van der Waals surface area contributed by atoms with Gasteiger partial charge in [-0.1, -0.05) is 12.5 Å². The van der Waals surface area contributed by atoms with Gasteiger partial charge in [-0.2, -0.15) is 0 Å². The van der Waals surface area contributed by atoms with Crippen molar-refractivity contribution in [2.45, 2.75) is 32.1 Å². The minimum Gasteiger partial charge on any atom is -0.493 e. The van der Waals surface area contributed by atoms with Gasteiger partial charge in [0.1, 0.15) is 5.75 Å². The first-order valence-electron chi connectivity index (χ1n) is 6.51. The molecule has 3 N–H and O–H groups in total. The first kappa shape index (κ1) is 14.6. The second-order valence-electron chi connectivity index (χ2n) is 4.35. The van der Waals surface area contributed by atoms with Crippen molar-refractivity contribution in [3.05, 3.63) is 36.4 Å². The maximum atomic E-state index is 8.67. The largest absolute Gasteiger partial charge is 0.493 e. The Morgan fingerprint density at radius 1 is 1.22 bits per heavy atom. The summed E-state index contributed by atoms with van der Waals surface area (Å²) in [7, 11) is 0. The number of anilines is 1. The summed E-state index contributed by atoms with van der Waals surface area (Å²) in [5, 5.41) is 8.67. The lowest BCUT2D eigenvalue weighted by Crippen LogP contribution is -2.01. The monoisotopic (exact) mass is 249 g/mol. The van der Waals surface area contributed by atoms with E-state index in [1.54, 1.807) is 0 Å². The second kappa shape index (κ2) is 8.59. The zero-order valence-corrected chi connectivity index (χ0v) is 10.9. The van der Waals surface area contributed by atoms with Crippen molar-refractivity contribution >= 4 is 5.69 Å². The molecule has 1 rings (SSSR count). The number of rotatable bonds is 9. The van der Waals surface area contributed by atoms with Crippen LogP contribution in [0.15, 0.2) is 30.9 Å². The summed E-state index contributed by atoms with van der Waals surface area (Å²) in [5.74, 6) is 0.895. The van der Waals surface area contributed by atoms with Gasteiger partial charge in [-0.3, -0.25) is 0 Å². The molecule has 0 saturated carbocycles. The van der Waals surface area contributed by atoms with Crippen LogP contribution in [0.5, 0.6) is 5.75 Å². The number of hydrogen-bond donors (Lipinski definition) is 2. The summed E-state index contributed by atoms with van der Waals surface area (Å²) in [5.41, 5.74) is 7.59. The van der Waals surface area contributed by atoms with Crippen LogP contribution in [0.3, 0.4) is 0 Å².